The molecule has 2 unspecified atom stereocenters. The maximum absolute atomic E-state index is 6.25. The third-order valence-corrected chi connectivity index (χ3v) is 5.45. The summed E-state index contributed by atoms with van der Waals surface area (Å²) in [6.45, 7) is 12.8. The Bertz CT molecular complexity index is 469. The summed E-state index contributed by atoms with van der Waals surface area (Å²) in [4.78, 5) is 0. The minimum atomic E-state index is 0.640. The molecule has 1 aromatic rings. The van der Waals surface area contributed by atoms with E-state index in [0.717, 1.165) is 31.1 Å². The van der Waals surface area contributed by atoms with E-state index in [1.165, 1.54) is 56.9 Å². The van der Waals surface area contributed by atoms with Crippen molar-refractivity contribution in [2.45, 2.75) is 92.4 Å². The molecule has 0 N–H and O–H groups in total. The van der Waals surface area contributed by atoms with E-state index in [4.69, 9.17) is 9.47 Å². The second-order valence-electron chi connectivity index (χ2n) is 7.59. The highest BCUT2D eigenvalue weighted by atomic mass is 16.5. The molecule has 1 rings (SSSR count). The van der Waals surface area contributed by atoms with Crippen LogP contribution < -0.4 is 9.47 Å². The first kappa shape index (κ1) is 22.9. The summed E-state index contributed by atoms with van der Waals surface area (Å²) in [5.74, 6) is 3.13. The standard InChI is InChI=1S/C24H42O2/c1-6-11-13-21(9-4)18-25-23-16-15-20(8-3)17-24(23)26-19-22(10-5)14-12-7-2/h15-17,21-22H,6-14,18-19H2,1-5H3. The smallest absolute Gasteiger partial charge is 0.161 e. The molecule has 0 radical (unpaired) electrons. The Hall–Kier alpha value is -1.18. The van der Waals surface area contributed by atoms with Crippen LogP contribution in [0.1, 0.15) is 91.5 Å². The minimum absolute atomic E-state index is 0.640. The molecule has 150 valence electrons. The average Bonchev–Trinajstić information content (AvgIpc) is 2.68. The van der Waals surface area contributed by atoms with Crippen molar-refractivity contribution in [3.63, 3.8) is 0 Å². The molecular formula is C24H42O2. The number of aryl methyl sites for hydroxylation is 1. The summed E-state index contributed by atoms with van der Waals surface area (Å²) in [5.41, 5.74) is 1.31. The minimum Gasteiger partial charge on any atom is -0.489 e. The van der Waals surface area contributed by atoms with Gasteiger partial charge in [-0.2, -0.15) is 0 Å². The second kappa shape index (κ2) is 13.9. The van der Waals surface area contributed by atoms with Gasteiger partial charge in [-0.1, -0.05) is 79.2 Å². The lowest BCUT2D eigenvalue weighted by molar-refractivity contribution is 0.199. The van der Waals surface area contributed by atoms with Crippen molar-refractivity contribution in [3.8, 4) is 11.5 Å². The lowest BCUT2D eigenvalue weighted by atomic mass is 10.0. The molecule has 26 heavy (non-hydrogen) atoms. The van der Waals surface area contributed by atoms with E-state index >= 15 is 0 Å². The number of hydrogen-bond acceptors (Lipinski definition) is 2. The summed E-state index contributed by atoms with van der Waals surface area (Å²) < 4.78 is 12.5. The molecule has 0 aliphatic carbocycles. The summed E-state index contributed by atoms with van der Waals surface area (Å²) in [6, 6.07) is 6.45. The van der Waals surface area contributed by atoms with Gasteiger partial charge in [0.15, 0.2) is 11.5 Å². The van der Waals surface area contributed by atoms with Crippen molar-refractivity contribution in [3.05, 3.63) is 23.8 Å². The maximum atomic E-state index is 6.25. The van der Waals surface area contributed by atoms with Gasteiger partial charge in [-0.05, 0) is 48.8 Å². The second-order valence-corrected chi connectivity index (χ2v) is 7.59. The van der Waals surface area contributed by atoms with E-state index in [-0.39, 0.29) is 0 Å². The predicted octanol–water partition coefficient (Wildman–Crippen LogP) is 7.44. The number of hydrogen-bond donors (Lipinski definition) is 0. The summed E-state index contributed by atoms with van der Waals surface area (Å²) >= 11 is 0. The number of rotatable bonds is 15. The van der Waals surface area contributed by atoms with Gasteiger partial charge in [-0.3, -0.25) is 0 Å². The molecule has 0 spiro atoms. The largest absolute Gasteiger partial charge is 0.489 e. The lowest BCUT2D eigenvalue weighted by Gasteiger charge is -2.20. The molecule has 0 fully saturated rings. The third-order valence-electron chi connectivity index (χ3n) is 5.45. The third kappa shape index (κ3) is 8.47. The number of benzene rings is 1. The average molecular weight is 363 g/mol. The van der Waals surface area contributed by atoms with Crippen molar-refractivity contribution in [1.82, 2.24) is 0 Å². The van der Waals surface area contributed by atoms with Crippen LogP contribution in [0.15, 0.2) is 18.2 Å². The normalized spacial score (nSPS) is 13.4. The summed E-state index contributed by atoms with van der Waals surface area (Å²) in [7, 11) is 0. The quantitative estimate of drug-likeness (QED) is 0.323. The Labute approximate surface area is 162 Å². The highest BCUT2D eigenvalue weighted by Crippen LogP contribution is 2.31. The Morgan fingerprint density at radius 1 is 0.731 bits per heavy atom. The molecule has 2 heteroatoms. The van der Waals surface area contributed by atoms with E-state index in [9.17, 15) is 0 Å². The zero-order chi connectivity index (χ0) is 19.2. The first-order valence-electron chi connectivity index (χ1n) is 11.1. The van der Waals surface area contributed by atoms with Gasteiger partial charge in [0, 0.05) is 0 Å². The van der Waals surface area contributed by atoms with Crippen molar-refractivity contribution >= 4 is 0 Å². The lowest BCUT2D eigenvalue weighted by Crippen LogP contribution is -2.14. The zero-order valence-corrected chi connectivity index (χ0v) is 18.0. The Kier molecular flexibility index (Phi) is 12.3. The Morgan fingerprint density at radius 2 is 1.27 bits per heavy atom. The van der Waals surface area contributed by atoms with Crippen molar-refractivity contribution in [1.29, 1.82) is 0 Å². The molecule has 0 heterocycles. The zero-order valence-electron chi connectivity index (χ0n) is 18.0. The highest BCUT2D eigenvalue weighted by Gasteiger charge is 2.13. The van der Waals surface area contributed by atoms with Crippen LogP contribution in [0, 0.1) is 11.8 Å². The predicted molar refractivity (Wildman–Crippen MR) is 113 cm³/mol. The fourth-order valence-corrected chi connectivity index (χ4v) is 3.22. The number of unbranched alkanes of at least 4 members (excludes halogenated alkanes) is 2. The van der Waals surface area contributed by atoms with Crippen LogP contribution in [-0.4, -0.2) is 13.2 Å². The van der Waals surface area contributed by atoms with Crippen LogP contribution in [0.5, 0.6) is 11.5 Å². The van der Waals surface area contributed by atoms with Crippen molar-refractivity contribution < 1.29 is 9.47 Å². The molecular weight excluding hydrogens is 320 g/mol. The molecule has 0 saturated heterocycles. The van der Waals surface area contributed by atoms with Gasteiger partial charge in [-0.15, -0.1) is 0 Å². The molecule has 0 amide bonds. The maximum Gasteiger partial charge on any atom is 0.161 e. The molecule has 0 saturated carbocycles. The van der Waals surface area contributed by atoms with Gasteiger partial charge in [0.1, 0.15) is 0 Å². The monoisotopic (exact) mass is 362 g/mol. The fraction of sp³-hybridized carbons (Fsp3) is 0.750. The van der Waals surface area contributed by atoms with E-state index in [0.29, 0.717) is 11.8 Å². The van der Waals surface area contributed by atoms with Gasteiger partial charge in [0.25, 0.3) is 0 Å². The Morgan fingerprint density at radius 3 is 1.73 bits per heavy atom. The summed E-state index contributed by atoms with van der Waals surface area (Å²) in [6.07, 6.45) is 11.0. The molecule has 1 aromatic carbocycles. The topological polar surface area (TPSA) is 18.5 Å². The van der Waals surface area contributed by atoms with Gasteiger partial charge >= 0.3 is 0 Å². The van der Waals surface area contributed by atoms with E-state index in [1.807, 2.05) is 0 Å². The van der Waals surface area contributed by atoms with Crippen LogP contribution in [0.2, 0.25) is 0 Å². The van der Waals surface area contributed by atoms with Crippen LogP contribution in [0.25, 0.3) is 0 Å². The fourth-order valence-electron chi connectivity index (χ4n) is 3.22. The highest BCUT2D eigenvalue weighted by molar-refractivity contribution is 5.43. The van der Waals surface area contributed by atoms with Gasteiger partial charge in [0.2, 0.25) is 0 Å². The number of ether oxygens (including phenoxy) is 2. The van der Waals surface area contributed by atoms with Crippen molar-refractivity contribution in [2.75, 3.05) is 13.2 Å². The van der Waals surface area contributed by atoms with Crippen LogP contribution in [0.3, 0.4) is 0 Å². The molecule has 0 aliphatic rings. The van der Waals surface area contributed by atoms with Crippen molar-refractivity contribution in [2.24, 2.45) is 11.8 Å². The van der Waals surface area contributed by atoms with Gasteiger partial charge < -0.3 is 9.47 Å². The van der Waals surface area contributed by atoms with E-state index < -0.39 is 0 Å². The molecule has 2 nitrogen and oxygen atoms in total. The van der Waals surface area contributed by atoms with Gasteiger partial charge in [-0.25, -0.2) is 0 Å². The van der Waals surface area contributed by atoms with Crippen LogP contribution >= 0.6 is 0 Å². The van der Waals surface area contributed by atoms with E-state index in [2.05, 4.69) is 52.8 Å². The van der Waals surface area contributed by atoms with Gasteiger partial charge in [0.05, 0.1) is 13.2 Å². The van der Waals surface area contributed by atoms with Crippen LogP contribution in [0.4, 0.5) is 0 Å². The molecule has 0 bridgehead atoms. The first-order chi connectivity index (χ1) is 12.7. The first-order valence-corrected chi connectivity index (χ1v) is 11.1. The SMILES string of the molecule is CCCCC(CC)COc1ccc(CC)cc1OCC(CC)CCCC. The molecule has 0 aromatic heterocycles. The Balaban J connectivity index is 2.72. The van der Waals surface area contributed by atoms with E-state index in [1.54, 1.807) is 0 Å². The summed E-state index contributed by atoms with van der Waals surface area (Å²) in [5, 5.41) is 0. The molecule has 2 atom stereocenters. The van der Waals surface area contributed by atoms with Crippen LogP contribution in [-0.2, 0) is 6.42 Å². The molecule has 0 aliphatic heterocycles.